The molecule has 0 fully saturated rings. The molecule has 0 saturated carbocycles. The molecular formula is C15H12ClN5OS. The molecule has 8 heteroatoms. The number of ether oxygens (including phenoxy) is 1. The predicted octanol–water partition coefficient (Wildman–Crippen LogP) is 3.73. The number of anilines is 1. The summed E-state index contributed by atoms with van der Waals surface area (Å²) in [6.07, 6.45) is 5.02. The summed E-state index contributed by atoms with van der Waals surface area (Å²) in [5.41, 5.74) is 5.31. The van der Waals surface area contributed by atoms with Crippen LogP contribution in [0.3, 0.4) is 0 Å². The van der Waals surface area contributed by atoms with Gasteiger partial charge >= 0.3 is 0 Å². The van der Waals surface area contributed by atoms with Crippen molar-refractivity contribution < 1.29 is 4.74 Å². The third-order valence-corrected chi connectivity index (χ3v) is 4.46. The molecule has 1 N–H and O–H groups in total. The van der Waals surface area contributed by atoms with E-state index in [9.17, 15) is 0 Å². The van der Waals surface area contributed by atoms with E-state index in [4.69, 9.17) is 16.3 Å². The molecule has 0 saturated heterocycles. The molecule has 23 heavy (non-hydrogen) atoms. The summed E-state index contributed by atoms with van der Waals surface area (Å²) in [4.78, 5) is 13.0. The van der Waals surface area contributed by atoms with Crippen LogP contribution in [-0.2, 0) is 0 Å². The van der Waals surface area contributed by atoms with Crippen molar-refractivity contribution in [3.8, 4) is 5.75 Å². The lowest BCUT2D eigenvalue weighted by molar-refractivity contribution is 0.317. The fourth-order valence-corrected chi connectivity index (χ4v) is 3.36. The highest BCUT2D eigenvalue weighted by molar-refractivity contribution is 7.22. The van der Waals surface area contributed by atoms with Crippen LogP contribution in [0.1, 0.15) is 18.5 Å². The normalized spacial score (nSPS) is 16.0. The monoisotopic (exact) mass is 345 g/mol. The molecule has 0 amide bonds. The summed E-state index contributed by atoms with van der Waals surface area (Å²) in [5.74, 6) is 0.767. The van der Waals surface area contributed by atoms with Gasteiger partial charge in [-0.1, -0.05) is 22.9 Å². The smallest absolute Gasteiger partial charge is 0.206 e. The molecule has 0 bridgehead atoms. The van der Waals surface area contributed by atoms with Crippen LogP contribution in [0.15, 0.2) is 35.7 Å². The van der Waals surface area contributed by atoms with E-state index < -0.39 is 0 Å². The number of rotatable bonds is 2. The first-order valence-corrected chi connectivity index (χ1v) is 8.32. The first-order chi connectivity index (χ1) is 11.3. The molecule has 0 spiro atoms. The van der Waals surface area contributed by atoms with Crippen LogP contribution in [0.4, 0.5) is 5.13 Å². The SMILES string of the molecule is Clc1cnc2nc(N/N=C3\CCCOc4cccnc43)sc2c1. The van der Waals surface area contributed by atoms with Gasteiger partial charge in [0.25, 0.3) is 0 Å². The van der Waals surface area contributed by atoms with Crippen LogP contribution in [-0.4, -0.2) is 27.3 Å². The minimum Gasteiger partial charge on any atom is -0.491 e. The van der Waals surface area contributed by atoms with Crippen LogP contribution in [0.25, 0.3) is 10.3 Å². The highest BCUT2D eigenvalue weighted by Gasteiger charge is 2.16. The molecular weight excluding hydrogens is 334 g/mol. The summed E-state index contributed by atoms with van der Waals surface area (Å²) in [7, 11) is 0. The molecule has 6 nitrogen and oxygen atoms in total. The highest BCUT2D eigenvalue weighted by Crippen LogP contribution is 2.27. The van der Waals surface area contributed by atoms with Crippen molar-refractivity contribution in [2.75, 3.05) is 12.0 Å². The Labute approximate surface area is 141 Å². The fraction of sp³-hybridized carbons (Fsp3) is 0.200. The van der Waals surface area contributed by atoms with Gasteiger partial charge in [-0.15, -0.1) is 0 Å². The van der Waals surface area contributed by atoms with Crippen molar-refractivity contribution in [3.63, 3.8) is 0 Å². The maximum atomic E-state index is 5.95. The molecule has 4 heterocycles. The van der Waals surface area contributed by atoms with Crippen LogP contribution < -0.4 is 10.2 Å². The van der Waals surface area contributed by atoms with E-state index in [1.807, 2.05) is 18.2 Å². The van der Waals surface area contributed by atoms with Crippen LogP contribution in [0.2, 0.25) is 5.02 Å². The zero-order valence-corrected chi connectivity index (χ0v) is 13.6. The third-order valence-electron chi connectivity index (χ3n) is 3.36. The van der Waals surface area contributed by atoms with Gasteiger partial charge in [0.05, 0.1) is 22.0 Å². The van der Waals surface area contributed by atoms with E-state index in [1.54, 1.807) is 12.4 Å². The number of halogens is 1. The van der Waals surface area contributed by atoms with Crippen molar-refractivity contribution in [2.45, 2.75) is 12.8 Å². The zero-order valence-electron chi connectivity index (χ0n) is 12.0. The number of thiazole rings is 1. The summed E-state index contributed by atoms with van der Waals surface area (Å²) in [5, 5.41) is 5.75. The number of hydrogen-bond acceptors (Lipinski definition) is 7. The first kappa shape index (κ1) is 14.3. The Morgan fingerprint density at radius 1 is 1.35 bits per heavy atom. The Morgan fingerprint density at radius 2 is 2.30 bits per heavy atom. The van der Waals surface area contributed by atoms with Gasteiger partial charge in [-0.05, 0) is 31.0 Å². The Hall–Kier alpha value is -2.25. The lowest BCUT2D eigenvalue weighted by Gasteiger charge is -2.05. The Balaban J connectivity index is 1.64. The predicted molar refractivity (Wildman–Crippen MR) is 91.6 cm³/mol. The van der Waals surface area contributed by atoms with E-state index >= 15 is 0 Å². The number of hydrogen-bond donors (Lipinski definition) is 1. The second-order valence-corrected chi connectivity index (χ2v) is 6.43. The molecule has 3 aromatic heterocycles. The summed E-state index contributed by atoms with van der Waals surface area (Å²) in [6.45, 7) is 0.668. The van der Waals surface area contributed by atoms with Gasteiger partial charge in [0.1, 0.15) is 11.4 Å². The van der Waals surface area contributed by atoms with E-state index in [0.29, 0.717) is 22.4 Å². The Bertz CT molecular complexity index is 894. The van der Waals surface area contributed by atoms with Crippen molar-refractivity contribution in [3.05, 3.63) is 41.3 Å². The van der Waals surface area contributed by atoms with Crippen molar-refractivity contribution in [1.29, 1.82) is 0 Å². The van der Waals surface area contributed by atoms with Gasteiger partial charge in [0, 0.05) is 12.4 Å². The maximum Gasteiger partial charge on any atom is 0.206 e. The van der Waals surface area contributed by atoms with Crippen LogP contribution >= 0.6 is 22.9 Å². The lowest BCUT2D eigenvalue weighted by Crippen LogP contribution is -2.05. The van der Waals surface area contributed by atoms with Gasteiger partial charge in [-0.2, -0.15) is 10.1 Å². The number of fused-ring (bicyclic) bond motifs is 2. The van der Waals surface area contributed by atoms with E-state index in [0.717, 1.165) is 34.7 Å². The molecule has 3 aromatic rings. The molecule has 0 atom stereocenters. The van der Waals surface area contributed by atoms with E-state index in [1.165, 1.54) is 11.3 Å². The summed E-state index contributed by atoms with van der Waals surface area (Å²) in [6, 6.07) is 5.61. The topological polar surface area (TPSA) is 72.3 Å². The lowest BCUT2D eigenvalue weighted by atomic mass is 10.1. The van der Waals surface area contributed by atoms with Gasteiger partial charge < -0.3 is 4.74 Å². The van der Waals surface area contributed by atoms with Crippen LogP contribution in [0.5, 0.6) is 5.75 Å². The first-order valence-electron chi connectivity index (χ1n) is 7.12. The van der Waals surface area contributed by atoms with Gasteiger partial charge in [-0.25, -0.2) is 4.98 Å². The van der Waals surface area contributed by atoms with Crippen molar-refractivity contribution in [1.82, 2.24) is 15.0 Å². The van der Waals surface area contributed by atoms with Gasteiger partial charge in [0.15, 0.2) is 5.65 Å². The van der Waals surface area contributed by atoms with E-state index in [-0.39, 0.29) is 0 Å². The number of nitrogens with zero attached hydrogens (tertiary/aromatic N) is 4. The molecule has 4 rings (SSSR count). The number of nitrogens with one attached hydrogen (secondary N) is 1. The zero-order chi connectivity index (χ0) is 15.6. The minimum absolute atomic E-state index is 0.595. The fourth-order valence-electron chi connectivity index (χ4n) is 2.33. The summed E-state index contributed by atoms with van der Waals surface area (Å²) < 4.78 is 6.60. The van der Waals surface area contributed by atoms with Crippen LogP contribution in [0, 0.1) is 0 Å². The average molecular weight is 346 g/mol. The standard InChI is InChI=1S/C15H12ClN5OS/c16-9-7-12-14(18-8-9)19-15(23-12)21-20-10-3-2-6-22-11-4-1-5-17-13(10)11/h1,4-5,7-8H,2-3,6H2,(H,18,19,21)/b20-10+. The molecule has 0 radical (unpaired) electrons. The molecule has 0 aliphatic carbocycles. The molecule has 0 aromatic carbocycles. The summed E-state index contributed by atoms with van der Waals surface area (Å²) >= 11 is 7.41. The number of pyridine rings is 2. The number of hydrazone groups is 1. The molecule has 1 aliphatic rings. The highest BCUT2D eigenvalue weighted by atomic mass is 35.5. The van der Waals surface area contributed by atoms with Crippen molar-refractivity contribution >= 4 is 44.1 Å². The van der Waals surface area contributed by atoms with E-state index in [2.05, 4.69) is 25.5 Å². The Kier molecular flexibility index (Phi) is 3.80. The minimum atomic E-state index is 0.595. The average Bonchev–Trinajstić information content (AvgIpc) is 2.84. The van der Waals surface area contributed by atoms with Crippen molar-refractivity contribution in [2.24, 2.45) is 5.10 Å². The van der Waals surface area contributed by atoms with Gasteiger partial charge in [-0.3, -0.25) is 10.4 Å². The van der Waals surface area contributed by atoms with Gasteiger partial charge in [0.2, 0.25) is 5.13 Å². The maximum absolute atomic E-state index is 5.95. The molecule has 1 aliphatic heterocycles. The second kappa shape index (κ2) is 6.10. The quantitative estimate of drug-likeness (QED) is 0.716. The third kappa shape index (κ3) is 2.97. The molecule has 116 valence electrons. The molecule has 0 unspecified atom stereocenters. The second-order valence-electron chi connectivity index (χ2n) is 4.97. The largest absolute Gasteiger partial charge is 0.491 e. The Morgan fingerprint density at radius 3 is 3.26 bits per heavy atom. The number of aromatic nitrogens is 3.